The summed E-state index contributed by atoms with van der Waals surface area (Å²) in [5.74, 6) is -1.06. The summed E-state index contributed by atoms with van der Waals surface area (Å²) < 4.78 is 39.0. The number of anilines is 1. The molecule has 0 spiro atoms. The van der Waals surface area contributed by atoms with E-state index in [9.17, 15) is 28.0 Å². The molecule has 2 N–H and O–H groups in total. The lowest BCUT2D eigenvalue weighted by Crippen LogP contribution is -2.51. The molecule has 2 amide bonds. The summed E-state index contributed by atoms with van der Waals surface area (Å²) in [5, 5.41) is 14.4. The van der Waals surface area contributed by atoms with E-state index in [-0.39, 0.29) is 18.8 Å². The minimum absolute atomic E-state index is 0.141. The van der Waals surface area contributed by atoms with E-state index in [1.807, 2.05) is 0 Å². The molecule has 0 bridgehead atoms. The summed E-state index contributed by atoms with van der Waals surface area (Å²) >= 11 is 0. The third-order valence-electron chi connectivity index (χ3n) is 4.63. The predicted molar refractivity (Wildman–Crippen MR) is 97.1 cm³/mol. The number of nitriles is 1. The zero-order valence-corrected chi connectivity index (χ0v) is 15.6. The van der Waals surface area contributed by atoms with E-state index >= 15 is 0 Å². The van der Waals surface area contributed by atoms with Crippen molar-refractivity contribution >= 4 is 17.5 Å². The molecule has 0 heterocycles. The smallest absolute Gasteiger partial charge is 0.337 e. The van der Waals surface area contributed by atoms with Gasteiger partial charge in [-0.25, -0.2) is 0 Å². The van der Waals surface area contributed by atoms with Crippen LogP contribution in [0.1, 0.15) is 37.7 Å². The third kappa shape index (κ3) is 5.96. The molecule has 28 heavy (non-hydrogen) atoms. The van der Waals surface area contributed by atoms with E-state index in [4.69, 9.17) is 0 Å². The molecule has 6 nitrogen and oxygen atoms in total. The summed E-state index contributed by atoms with van der Waals surface area (Å²) in [4.78, 5) is 25.7. The fraction of sp³-hybridized carbons (Fsp3) is 0.526. The SMILES string of the molecule is CN(CC(=O)Nc1ccccc1C(F)(F)F)CC(=O)NC1(C#N)CCCCC1. The minimum Gasteiger partial charge on any atom is -0.337 e. The highest BCUT2D eigenvalue weighted by Crippen LogP contribution is 2.34. The number of nitrogens with zero attached hydrogens (tertiary/aromatic N) is 2. The van der Waals surface area contributed by atoms with E-state index < -0.39 is 29.1 Å². The lowest BCUT2D eigenvalue weighted by Gasteiger charge is -2.32. The number of carbonyl (C=O) groups excluding carboxylic acids is 2. The number of likely N-dealkylation sites (N-methyl/N-ethyl adjacent to an activating group) is 1. The van der Waals surface area contributed by atoms with Gasteiger partial charge in [0.2, 0.25) is 11.8 Å². The van der Waals surface area contributed by atoms with Crippen LogP contribution in [0.4, 0.5) is 18.9 Å². The van der Waals surface area contributed by atoms with Gasteiger partial charge < -0.3 is 10.6 Å². The largest absolute Gasteiger partial charge is 0.418 e. The molecular formula is C19H23F3N4O2. The van der Waals surface area contributed by atoms with Crippen LogP contribution in [0.15, 0.2) is 24.3 Å². The van der Waals surface area contributed by atoms with Crippen molar-refractivity contribution in [3.8, 4) is 6.07 Å². The summed E-state index contributed by atoms with van der Waals surface area (Å²) in [7, 11) is 1.51. The minimum atomic E-state index is -4.58. The van der Waals surface area contributed by atoms with Gasteiger partial charge in [-0.3, -0.25) is 14.5 Å². The molecular weight excluding hydrogens is 373 g/mol. The van der Waals surface area contributed by atoms with Crippen molar-refractivity contribution in [2.24, 2.45) is 0 Å². The van der Waals surface area contributed by atoms with Gasteiger partial charge in [0, 0.05) is 0 Å². The molecule has 152 valence electrons. The highest BCUT2D eigenvalue weighted by Gasteiger charge is 2.34. The Morgan fingerprint density at radius 1 is 1.14 bits per heavy atom. The van der Waals surface area contributed by atoms with Crippen molar-refractivity contribution < 1.29 is 22.8 Å². The van der Waals surface area contributed by atoms with Crippen molar-refractivity contribution in [3.63, 3.8) is 0 Å². The molecule has 0 aliphatic heterocycles. The summed E-state index contributed by atoms with van der Waals surface area (Å²) in [6, 6.07) is 6.88. The fourth-order valence-corrected chi connectivity index (χ4v) is 3.30. The van der Waals surface area contributed by atoms with Crippen LogP contribution in [-0.4, -0.2) is 42.4 Å². The molecule has 1 saturated carbocycles. The number of para-hydroxylation sites is 1. The fourth-order valence-electron chi connectivity index (χ4n) is 3.30. The second-order valence-electron chi connectivity index (χ2n) is 7.07. The van der Waals surface area contributed by atoms with E-state index in [1.54, 1.807) is 0 Å². The zero-order valence-electron chi connectivity index (χ0n) is 15.6. The molecule has 1 aliphatic rings. The maximum absolute atomic E-state index is 13.0. The van der Waals surface area contributed by atoms with E-state index in [0.717, 1.165) is 25.3 Å². The van der Waals surface area contributed by atoms with E-state index in [2.05, 4.69) is 16.7 Å². The van der Waals surface area contributed by atoms with Crippen LogP contribution >= 0.6 is 0 Å². The van der Waals surface area contributed by atoms with E-state index in [1.165, 1.54) is 30.1 Å². The normalized spacial score (nSPS) is 16.3. The molecule has 0 unspecified atom stereocenters. The van der Waals surface area contributed by atoms with Gasteiger partial charge in [0.15, 0.2) is 0 Å². The van der Waals surface area contributed by atoms with Crippen molar-refractivity contribution in [1.82, 2.24) is 10.2 Å². The van der Waals surface area contributed by atoms with Crippen LogP contribution in [-0.2, 0) is 15.8 Å². The topological polar surface area (TPSA) is 85.2 Å². The first-order chi connectivity index (χ1) is 13.1. The lowest BCUT2D eigenvalue weighted by molar-refractivity contribution is -0.137. The average molecular weight is 396 g/mol. The average Bonchev–Trinajstić information content (AvgIpc) is 2.61. The quantitative estimate of drug-likeness (QED) is 0.774. The van der Waals surface area contributed by atoms with Gasteiger partial charge in [0.1, 0.15) is 5.54 Å². The Balaban J connectivity index is 1.89. The number of hydrogen-bond donors (Lipinski definition) is 2. The first kappa shape index (κ1) is 21.7. The molecule has 2 rings (SSSR count). The zero-order chi connectivity index (χ0) is 20.8. The number of rotatable bonds is 6. The molecule has 1 aromatic rings. The Hall–Kier alpha value is -2.60. The number of carbonyl (C=O) groups is 2. The van der Waals surface area contributed by atoms with Crippen LogP contribution in [0.3, 0.4) is 0 Å². The predicted octanol–water partition coefficient (Wildman–Crippen LogP) is 2.92. The Labute approximate surface area is 161 Å². The van der Waals surface area contributed by atoms with Crippen LogP contribution in [0.5, 0.6) is 0 Å². The van der Waals surface area contributed by atoms with Gasteiger partial charge in [-0.15, -0.1) is 0 Å². The summed E-state index contributed by atoms with van der Waals surface area (Å²) in [5.41, 5.74) is -2.13. The van der Waals surface area contributed by atoms with Crippen LogP contribution in [0, 0.1) is 11.3 Å². The van der Waals surface area contributed by atoms with Gasteiger partial charge in [-0.05, 0) is 32.0 Å². The number of benzene rings is 1. The Kier molecular flexibility index (Phi) is 7.02. The summed E-state index contributed by atoms with van der Waals surface area (Å²) in [6.45, 7) is -0.406. The first-order valence-electron chi connectivity index (χ1n) is 9.02. The molecule has 1 aromatic carbocycles. The molecule has 0 radical (unpaired) electrons. The number of nitrogens with one attached hydrogen (secondary N) is 2. The molecule has 0 saturated heterocycles. The summed E-state index contributed by atoms with van der Waals surface area (Å²) in [6.07, 6.45) is -0.642. The number of halogens is 3. The lowest BCUT2D eigenvalue weighted by atomic mass is 9.83. The van der Waals surface area contributed by atoms with Gasteiger partial charge in [-0.2, -0.15) is 18.4 Å². The molecule has 1 aliphatic carbocycles. The maximum atomic E-state index is 13.0. The van der Waals surface area contributed by atoms with Gasteiger partial charge >= 0.3 is 6.18 Å². The van der Waals surface area contributed by atoms with Gasteiger partial charge in [-0.1, -0.05) is 31.4 Å². The second-order valence-corrected chi connectivity index (χ2v) is 7.07. The molecule has 0 aromatic heterocycles. The Morgan fingerprint density at radius 2 is 1.75 bits per heavy atom. The first-order valence-corrected chi connectivity index (χ1v) is 9.02. The Morgan fingerprint density at radius 3 is 2.36 bits per heavy atom. The van der Waals surface area contributed by atoms with E-state index in [0.29, 0.717) is 12.8 Å². The van der Waals surface area contributed by atoms with Crippen LogP contribution in [0.2, 0.25) is 0 Å². The maximum Gasteiger partial charge on any atom is 0.418 e. The van der Waals surface area contributed by atoms with Crippen molar-refractivity contribution in [1.29, 1.82) is 5.26 Å². The van der Waals surface area contributed by atoms with Crippen LogP contribution in [0.25, 0.3) is 0 Å². The number of amides is 2. The number of hydrogen-bond acceptors (Lipinski definition) is 4. The van der Waals surface area contributed by atoms with Crippen molar-refractivity contribution in [3.05, 3.63) is 29.8 Å². The second kappa shape index (κ2) is 9.06. The molecule has 0 atom stereocenters. The van der Waals surface area contributed by atoms with Gasteiger partial charge in [0.25, 0.3) is 0 Å². The highest BCUT2D eigenvalue weighted by molar-refractivity contribution is 5.93. The third-order valence-corrected chi connectivity index (χ3v) is 4.63. The van der Waals surface area contributed by atoms with Crippen molar-refractivity contribution in [2.75, 3.05) is 25.5 Å². The molecule has 9 heteroatoms. The monoisotopic (exact) mass is 396 g/mol. The van der Waals surface area contributed by atoms with Crippen molar-refractivity contribution in [2.45, 2.75) is 43.8 Å². The number of alkyl halides is 3. The molecule has 1 fully saturated rings. The Bertz CT molecular complexity index is 752. The van der Waals surface area contributed by atoms with Crippen LogP contribution < -0.4 is 10.6 Å². The van der Waals surface area contributed by atoms with Gasteiger partial charge in [0.05, 0.1) is 30.4 Å². The highest BCUT2D eigenvalue weighted by atomic mass is 19.4. The standard InChI is InChI=1S/C19H23F3N4O2/c1-26(12-17(28)25-18(13-23)9-5-2-6-10-18)11-16(27)24-15-8-4-3-7-14(15)19(20,21)22/h3-4,7-8H,2,5-6,9-12H2,1H3,(H,24,27)(H,25,28).